The number of hydrogen-bond donors (Lipinski definition) is 3. The van der Waals surface area contributed by atoms with Crippen molar-refractivity contribution in [3.05, 3.63) is 60.2 Å². The van der Waals surface area contributed by atoms with Crippen LogP contribution in [-0.4, -0.2) is 50.1 Å². The lowest BCUT2D eigenvalue weighted by molar-refractivity contribution is -0.114. The van der Waals surface area contributed by atoms with Gasteiger partial charge in [0, 0.05) is 44.3 Å². The van der Waals surface area contributed by atoms with Crippen LogP contribution in [0.5, 0.6) is 0 Å². The van der Waals surface area contributed by atoms with Crippen LogP contribution in [-0.2, 0) is 21.4 Å². The van der Waals surface area contributed by atoms with E-state index in [1.165, 1.54) is 24.6 Å². The molecule has 156 valence electrons. The van der Waals surface area contributed by atoms with Crippen molar-refractivity contribution in [2.75, 3.05) is 25.0 Å². The van der Waals surface area contributed by atoms with Crippen molar-refractivity contribution in [3.8, 4) is 0 Å². The van der Waals surface area contributed by atoms with Crippen LogP contribution in [0.25, 0.3) is 0 Å². The van der Waals surface area contributed by atoms with Crippen LogP contribution < -0.4 is 10.0 Å². The van der Waals surface area contributed by atoms with Crippen molar-refractivity contribution in [3.63, 3.8) is 0 Å². The summed E-state index contributed by atoms with van der Waals surface area (Å²) >= 11 is 0. The van der Waals surface area contributed by atoms with Crippen LogP contribution in [0.15, 0.2) is 59.5 Å². The molecule has 0 unspecified atom stereocenters. The van der Waals surface area contributed by atoms with E-state index in [2.05, 4.69) is 14.9 Å². The van der Waals surface area contributed by atoms with Crippen molar-refractivity contribution in [1.82, 2.24) is 9.62 Å². The van der Waals surface area contributed by atoms with Gasteiger partial charge in [0.2, 0.25) is 15.9 Å². The summed E-state index contributed by atoms with van der Waals surface area (Å²) in [7, 11) is -3.74. The van der Waals surface area contributed by atoms with E-state index >= 15 is 0 Å². The number of nitrogens with one attached hydrogen (secondary N) is 2. The molecule has 1 amide bonds. The Morgan fingerprint density at radius 2 is 1.83 bits per heavy atom. The third kappa shape index (κ3) is 5.86. The van der Waals surface area contributed by atoms with Gasteiger partial charge >= 0.3 is 0 Å². The fraction of sp³-hybridized carbons (Fsp3) is 0.381. The topological polar surface area (TPSA) is 98.7 Å². The van der Waals surface area contributed by atoms with Crippen molar-refractivity contribution in [2.24, 2.45) is 5.92 Å². The Labute approximate surface area is 171 Å². The number of carbonyl (C=O) groups excluding carboxylic acids is 1. The summed E-state index contributed by atoms with van der Waals surface area (Å²) in [4.78, 5) is 13.4. The highest BCUT2D eigenvalue weighted by Gasteiger charge is 2.32. The average molecular weight is 418 g/mol. The summed E-state index contributed by atoms with van der Waals surface area (Å²) in [6.07, 6.45) is 0.720. The molecule has 8 heteroatoms. The zero-order valence-electron chi connectivity index (χ0n) is 16.4. The lowest BCUT2D eigenvalue weighted by atomic mass is 9.93. The highest BCUT2D eigenvalue weighted by atomic mass is 32.2. The van der Waals surface area contributed by atoms with Gasteiger partial charge in [-0.25, -0.2) is 13.1 Å². The molecule has 0 spiro atoms. The van der Waals surface area contributed by atoms with E-state index in [9.17, 15) is 18.3 Å². The second-order valence-electron chi connectivity index (χ2n) is 7.39. The highest BCUT2D eigenvalue weighted by Crippen LogP contribution is 2.22. The van der Waals surface area contributed by atoms with E-state index in [1.54, 1.807) is 12.1 Å². The second kappa shape index (κ2) is 9.49. The van der Waals surface area contributed by atoms with E-state index in [4.69, 9.17) is 0 Å². The van der Waals surface area contributed by atoms with Crippen LogP contribution >= 0.6 is 0 Å². The van der Waals surface area contributed by atoms with Gasteiger partial charge in [-0.05, 0) is 42.8 Å². The van der Waals surface area contributed by atoms with Gasteiger partial charge in [-0.2, -0.15) is 0 Å². The van der Waals surface area contributed by atoms with Gasteiger partial charge in [0.05, 0.1) is 4.90 Å². The predicted octanol–water partition coefficient (Wildman–Crippen LogP) is 1.81. The fourth-order valence-corrected chi connectivity index (χ4v) is 4.89. The first kappa shape index (κ1) is 21.4. The highest BCUT2D eigenvalue weighted by molar-refractivity contribution is 7.89. The number of rotatable bonds is 7. The third-order valence-electron chi connectivity index (χ3n) is 5.12. The van der Waals surface area contributed by atoms with E-state index in [-0.39, 0.29) is 29.4 Å². The Bertz CT molecular complexity index is 917. The molecular weight excluding hydrogens is 390 g/mol. The first-order chi connectivity index (χ1) is 13.9. The summed E-state index contributed by atoms with van der Waals surface area (Å²) in [6, 6.07) is 15.7. The van der Waals surface area contributed by atoms with Gasteiger partial charge in [0.1, 0.15) is 0 Å². The third-order valence-corrected chi connectivity index (χ3v) is 6.62. The molecule has 2 aromatic rings. The summed E-state index contributed by atoms with van der Waals surface area (Å²) in [6.45, 7) is 3.41. The van der Waals surface area contributed by atoms with Crippen LogP contribution in [0.1, 0.15) is 18.9 Å². The number of sulfonamides is 1. The Morgan fingerprint density at radius 1 is 1.14 bits per heavy atom. The zero-order valence-corrected chi connectivity index (χ0v) is 17.2. The average Bonchev–Trinajstić information content (AvgIpc) is 2.69. The van der Waals surface area contributed by atoms with Crippen LogP contribution in [0.3, 0.4) is 0 Å². The zero-order chi connectivity index (χ0) is 20.9. The molecule has 1 aliphatic heterocycles. The van der Waals surface area contributed by atoms with Gasteiger partial charge in [-0.1, -0.05) is 30.3 Å². The van der Waals surface area contributed by atoms with Gasteiger partial charge in [0.15, 0.2) is 0 Å². The van der Waals surface area contributed by atoms with Crippen molar-refractivity contribution in [1.29, 1.82) is 0 Å². The SMILES string of the molecule is CC(=O)Nc1ccc(S(=O)(=O)N[C@@H]2CN(Cc3ccccc3)CC[C@@H]2CO)cc1. The second-order valence-corrected chi connectivity index (χ2v) is 9.10. The number of aliphatic hydroxyl groups excluding tert-OH is 1. The molecule has 3 N–H and O–H groups in total. The number of likely N-dealkylation sites (tertiary alicyclic amines) is 1. The molecule has 7 nitrogen and oxygen atoms in total. The van der Waals surface area contributed by atoms with E-state index in [0.29, 0.717) is 12.2 Å². The molecule has 1 saturated heterocycles. The Morgan fingerprint density at radius 3 is 2.45 bits per heavy atom. The minimum Gasteiger partial charge on any atom is -0.396 e. The number of nitrogens with zero attached hydrogens (tertiary/aromatic N) is 1. The lowest BCUT2D eigenvalue weighted by Gasteiger charge is -2.38. The number of amides is 1. The Balaban J connectivity index is 1.70. The number of hydrogen-bond acceptors (Lipinski definition) is 5. The van der Waals surface area contributed by atoms with Crippen molar-refractivity contribution in [2.45, 2.75) is 30.8 Å². The molecule has 29 heavy (non-hydrogen) atoms. The summed E-state index contributed by atoms with van der Waals surface area (Å²) < 4.78 is 28.5. The largest absolute Gasteiger partial charge is 0.396 e. The number of carbonyl (C=O) groups is 1. The Kier molecular flexibility index (Phi) is 7.02. The maximum atomic E-state index is 12.9. The molecule has 1 aliphatic rings. The first-order valence-corrected chi connectivity index (χ1v) is 11.1. The van der Waals surface area contributed by atoms with Crippen LogP contribution in [0.4, 0.5) is 5.69 Å². The van der Waals surface area contributed by atoms with Gasteiger partial charge in [-0.3, -0.25) is 9.69 Å². The monoisotopic (exact) mass is 417 g/mol. The maximum Gasteiger partial charge on any atom is 0.240 e. The van der Waals surface area contributed by atoms with Crippen molar-refractivity contribution >= 4 is 21.6 Å². The molecule has 0 radical (unpaired) electrons. The molecule has 0 saturated carbocycles. The summed E-state index contributed by atoms with van der Waals surface area (Å²) in [5.74, 6) is -0.347. The number of aliphatic hydroxyl groups is 1. The standard InChI is InChI=1S/C21H27N3O4S/c1-16(26)22-19-7-9-20(10-8-19)29(27,28)23-21-14-24(12-11-18(21)15-25)13-17-5-3-2-4-6-17/h2-10,18,21,23,25H,11-15H2,1H3,(H,22,26)/t18-,21-/m1/s1. The molecule has 0 bridgehead atoms. The van der Waals surface area contributed by atoms with E-state index in [0.717, 1.165) is 19.5 Å². The molecule has 0 aliphatic carbocycles. The lowest BCUT2D eigenvalue weighted by Crippen LogP contribution is -2.53. The quantitative estimate of drug-likeness (QED) is 0.638. The molecule has 1 fully saturated rings. The van der Waals surface area contributed by atoms with Gasteiger partial charge < -0.3 is 10.4 Å². The van der Waals surface area contributed by atoms with Crippen molar-refractivity contribution < 1.29 is 18.3 Å². The van der Waals surface area contributed by atoms with Gasteiger partial charge in [-0.15, -0.1) is 0 Å². The Hall–Kier alpha value is -2.26. The molecule has 2 aromatic carbocycles. The number of benzene rings is 2. The van der Waals surface area contributed by atoms with Crippen LogP contribution in [0.2, 0.25) is 0 Å². The summed E-state index contributed by atoms with van der Waals surface area (Å²) in [5, 5.41) is 12.3. The number of piperidine rings is 1. The normalized spacial score (nSPS) is 20.3. The first-order valence-electron chi connectivity index (χ1n) is 9.64. The fourth-order valence-electron chi connectivity index (χ4n) is 3.59. The predicted molar refractivity (Wildman–Crippen MR) is 112 cm³/mol. The minimum absolute atomic E-state index is 0.0617. The minimum atomic E-state index is -3.74. The summed E-state index contributed by atoms with van der Waals surface area (Å²) in [5.41, 5.74) is 1.71. The smallest absolute Gasteiger partial charge is 0.240 e. The molecule has 3 rings (SSSR count). The number of anilines is 1. The molecule has 0 aromatic heterocycles. The van der Waals surface area contributed by atoms with E-state index in [1.807, 2.05) is 30.3 Å². The van der Waals surface area contributed by atoms with E-state index < -0.39 is 10.0 Å². The van der Waals surface area contributed by atoms with Crippen LogP contribution in [0, 0.1) is 5.92 Å². The molecule has 1 heterocycles. The molecule has 2 atom stereocenters. The maximum absolute atomic E-state index is 12.9. The molecular formula is C21H27N3O4S. The van der Waals surface area contributed by atoms with Gasteiger partial charge in [0.25, 0.3) is 0 Å².